The minimum Gasteiger partial charge on any atom is -0.497 e. The van der Waals surface area contributed by atoms with Gasteiger partial charge in [0.2, 0.25) is 0 Å². The average Bonchev–Trinajstić information content (AvgIpc) is 2.99. The molecule has 0 spiro atoms. The number of hydrogen-bond donors (Lipinski definition) is 1. The number of nitrogens with one attached hydrogen (secondary N) is 1. The Morgan fingerprint density at radius 1 is 1.20 bits per heavy atom. The predicted octanol–water partition coefficient (Wildman–Crippen LogP) is 3.29. The van der Waals surface area contributed by atoms with Crippen molar-refractivity contribution in [2.45, 2.75) is 25.4 Å². The average molecular weight is 271 g/mol. The lowest BCUT2D eigenvalue weighted by Gasteiger charge is -2.19. The first-order valence-electron chi connectivity index (χ1n) is 7.18. The molecule has 1 heterocycles. The van der Waals surface area contributed by atoms with Gasteiger partial charge in [-0.25, -0.2) is 0 Å². The molecular formula is C17H21NO2. The van der Waals surface area contributed by atoms with Gasteiger partial charge in [0.15, 0.2) is 0 Å². The van der Waals surface area contributed by atoms with Crippen LogP contribution < -0.4 is 10.1 Å². The molecule has 0 amide bonds. The van der Waals surface area contributed by atoms with Gasteiger partial charge in [-0.05, 0) is 47.9 Å². The molecule has 1 N–H and O–H groups in total. The summed E-state index contributed by atoms with van der Waals surface area (Å²) in [6.45, 7) is 3.92. The van der Waals surface area contributed by atoms with Crippen LogP contribution in [0.25, 0.3) is 10.8 Å². The van der Waals surface area contributed by atoms with Crippen LogP contribution in [0.2, 0.25) is 0 Å². The molecule has 2 atom stereocenters. The Morgan fingerprint density at radius 3 is 2.75 bits per heavy atom. The van der Waals surface area contributed by atoms with Crippen LogP contribution in [0.1, 0.15) is 24.9 Å². The molecule has 1 saturated heterocycles. The lowest BCUT2D eigenvalue weighted by atomic mass is 10.0. The van der Waals surface area contributed by atoms with Crippen molar-refractivity contribution in [1.82, 2.24) is 5.32 Å². The second-order valence-corrected chi connectivity index (χ2v) is 5.42. The summed E-state index contributed by atoms with van der Waals surface area (Å²) in [5, 5.41) is 6.09. The molecule has 1 fully saturated rings. The van der Waals surface area contributed by atoms with Crippen molar-refractivity contribution in [2.75, 3.05) is 20.3 Å². The summed E-state index contributed by atoms with van der Waals surface area (Å²) in [6, 6.07) is 13.6. The summed E-state index contributed by atoms with van der Waals surface area (Å²) in [4.78, 5) is 0. The summed E-state index contributed by atoms with van der Waals surface area (Å²) < 4.78 is 10.7. The van der Waals surface area contributed by atoms with Crippen molar-refractivity contribution in [3.8, 4) is 5.75 Å². The lowest BCUT2D eigenvalue weighted by Crippen LogP contribution is -2.31. The van der Waals surface area contributed by atoms with E-state index >= 15 is 0 Å². The zero-order valence-corrected chi connectivity index (χ0v) is 12.1. The van der Waals surface area contributed by atoms with Gasteiger partial charge in [-0.1, -0.05) is 18.2 Å². The largest absolute Gasteiger partial charge is 0.497 e. The number of benzene rings is 2. The van der Waals surface area contributed by atoms with Gasteiger partial charge in [-0.2, -0.15) is 0 Å². The Bertz CT molecular complexity index is 591. The molecule has 2 aromatic rings. The Hall–Kier alpha value is -1.58. The van der Waals surface area contributed by atoms with E-state index in [1.165, 1.54) is 16.3 Å². The molecule has 0 saturated carbocycles. The maximum atomic E-state index is 5.41. The van der Waals surface area contributed by atoms with E-state index in [0.29, 0.717) is 12.1 Å². The van der Waals surface area contributed by atoms with Crippen LogP contribution in [0.3, 0.4) is 0 Å². The second-order valence-electron chi connectivity index (χ2n) is 5.42. The number of rotatable bonds is 4. The van der Waals surface area contributed by atoms with Crippen LogP contribution in [0.15, 0.2) is 36.4 Å². The molecule has 3 rings (SSSR count). The smallest absolute Gasteiger partial charge is 0.119 e. The van der Waals surface area contributed by atoms with E-state index in [9.17, 15) is 0 Å². The van der Waals surface area contributed by atoms with Crippen LogP contribution >= 0.6 is 0 Å². The molecule has 2 aromatic carbocycles. The fourth-order valence-electron chi connectivity index (χ4n) is 2.75. The third kappa shape index (κ3) is 2.79. The van der Waals surface area contributed by atoms with E-state index in [4.69, 9.17) is 9.47 Å². The number of fused-ring (bicyclic) bond motifs is 1. The van der Waals surface area contributed by atoms with Crippen molar-refractivity contribution in [1.29, 1.82) is 0 Å². The summed E-state index contributed by atoms with van der Waals surface area (Å²) in [7, 11) is 1.70. The van der Waals surface area contributed by atoms with Gasteiger partial charge in [0.05, 0.1) is 13.7 Å². The van der Waals surface area contributed by atoms with Crippen LogP contribution in [0, 0.1) is 0 Å². The Morgan fingerprint density at radius 2 is 2.00 bits per heavy atom. The van der Waals surface area contributed by atoms with E-state index in [1.54, 1.807) is 7.11 Å². The normalized spacial score (nSPS) is 20.2. The molecule has 3 heteroatoms. The number of hydrogen-bond acceptors (Lipinski definition) is 3. The maximum absolute atomic E-state index is 5.41. The highest BCUT2D eigenvalue weighted by atomic mass is 16.5. The minimum absolute atomic E-state index is 0.341. The molecule has 0 aliphatic carbocycles. The molecule has 2 unspecified atom stereocenters. The molecule has 1 aliphatic rings. The Labute approximate surface area is 119 Å². The molecule has 3 nitrogen and oxygen atoms in total. The standard InChI is InChI=1S/C17H21NO2/c1-12(18-16-7-8-20-11-16)13-3-4-15-10-17(19-2)6-5-14(15)9-13/h3-6,9-10,12,16,18H,7-8,11H2,1-2H3. The maximum Gasteiger partial charge on any atom is 0.119 e. The molecule has 106 valence electrons. The first-order chi connectivity index (χ1) is 9.76. The van der Waals surface area contributed by atoms with E-state index < -0.39 is 0 Å². The quantitative estimate of drug-likeness (QED) is 0.925. The predicted molar refractivity (Wildman–Crippen MR) is 81.3 cm³/mol. The Kier molecular flexibility index (Phi) is 3.90. The van der Waals surface area contributed by atoms with Gasteiger partial charge in [0, 0.05) is 18.7 Å². The van der Waals surface area contributed by atoms with Gasteiger partial charge in [-0.3, -0.25) is 0 Å². The van der Waals surface area contributed by atoms with E-state index in [-0.39, 0.29) is 0 Å². The topological polar surface area (TPSA) is 30.5 Å². The van der Waals surface area contributed by atoms with Gasteiger partial charge < -0.3 is 14.8 Å². The van der Waals surface area contributed by atoms with Crippen molar-refractivity contribution < 1.29 is 9.47 Å². The summed E-state index contributed by atoms with van der Waals surface area (Å²) in [6.07, 6.45) is 1.11. The van der Waals surface area contributed by atoms with Crippen molar-refractivity contribution in [2.24, 2.45) is 0 Å². The second kappa shape index (κ2) is 5.81. The monoisotopic (exact) mass is 271 g/mol. The van der Waals surface area contributed by atoms with E-state index in [0.717, 1.165) is 25.4 Å². The lowest BCUT2D eigenvalue weighted by molar-refractivity contribution is 0.188. The zero-order chi connectivity index (χ0) is 13.9. The molecule has 0 aromatic heterocycles. The SMILES string of the molecule is COc1ccc2cc(C(C)NC3CCOC3)ccc2c1. The van der Waals surface area contributed by atoms with Gasteiger partial charge in [0.1, 0.15) is 5.75 Å². The first kappa shape index (κ1) is 13.4. The molecular weight excluding hydrogens is 250 g/mol. The fraction of sp³-hybridized carbons (Fsp3) is 0.412. The van der Waals surface area contributed by atoms with Gasteiger partial charge >= 0.3 is 0 Å². The van der Waals surface area contributed by atoms with E-state index in [1.807, 2.05) is 6.07 Å². The summed E-state index contributed by atoms with van der Waals surface area (Å²) in [5.41, 5.74) is 1.31. The van der Waals surface area contributed by atoms with Crippen molar-refractivity contribution in [3.05, 3.63) is 42.0 Å². The van der Waals surface area contributed by atoms with Gasteiger partial charge in [-0.15, -0.1) is 0 Å². The highest BCUT2D eigenvalue weighted by Gasteiger charge is 2.18. The summed E-state index contributed by atoms with van der Waals surface area (Å²) in [5.74, 6) is 0.902. The zero-order valence-electron chi connectivity index (χ0n) is 12.1. The highest BCUT2D eigenvalue weighted by Crippen LogP contribution is 2.24. The van der Waals surface area contributed by atoms with Crippen molar-refractivity contribution >= 4 is 10.8 Å². The first-order valence-corrected chi connectivity index (χ1v) is 7.18. The number of methoxy groups -OCH3 is 1. The van der Waals surface area contributed by atoms with Crippen molar-refractivity contribution in [3.63, 3.8) is 0 Å². The van der Waals surface area contributed by atoms with Crippen LogP contribution in [-0.2, 0) is 4.74 Å². The molecule has 1 aliphatic heterocycles. The molecule has 20 heavy (non-hydrogen) atoms. The highest BCUT2D eigenvalue weighted by molar-refractivity contribution is 5.84. The molecule has 0 bridgehead atoms. The van der Waals surface area contributed by atoms with Crippen LogP contribution in [0.4, 0.5) is 0 Å². The van der Waals surface area contributed by atoms with Crippen LogP contribution in [0.5, 0.6) is 5.75 Å². The summed E-state index contributed by atoms with van der Waals surface area (Å²) >= 11 is 0. The van der Waals surface area contributed by atoms with E-state index in [2.05, 4.69) is 42.6 Å². The third-order valence-corrected chi connectivity index (χ3v) is 3.99. The van der Waals surface area contributed by atoms with Crippen LogP contribution in [-0.4, -0.2) is 26.4 Å². The minimum atomic E-state index is 0.341. The fourth-order valence-corrected chi connectivity index (χ4v) is 2.75. The molecule has 0 radical (unpaired) electrons. The van der Waals surface area contributed by atoms with Gasteiger partial charge in [0.25, 0.3) is 0 Å². The third-order valence-electron chi connectivity index (χ3n) is 3.99. The Balaban J connectivity index is 1.80. The number of ether oxygens (including phenoxy) is 2.